The van der Waals surface area contributed by atoms with E-state index in [1.807, 2.05) is 0 Å². The fourth-order valence-corrected chi connectivity index (χ4v) is 2.57. The van der Waals surface area contributed by atoms with Crippen molar-refractivity contribution in [1.29, 1.82) is 0 Å². The van der Waals surface area contributed by atoms with Crippen molar-refractivity contribution in [2.45, 2.75) is 31.7 Å². The molecule has 0 atom stereocenters. The summed E-state index contributed by atoms with van der Waals surface area (Å²) >= 11 is 0. The van der Waals surface area contributed by atoms with Gasteiger partial charge >= 0.3 is 11.8 Å². The Morgan fingerprint density at radius 1 is 1.37 bits per heavy atom. The maximum Gasteiger partial charge on any atom is 0.404 e. The van der Waals surface area contributed by atoms with E-state index in [1.165, 1.54) is 12.3 Å². The summed E-state index contributed by atoms with van der Waals surface area (Å²) in [5.74, 6) is 0.325. The van der Waals surface area contributed by atoms with Gasteiger partial charge in [0, 0.05) is 24.8 Å². The van der Waals surface area contributed by atoms with Crippen LogP contribution < -0.4 is 16.6 Å². The van der Waals surface area contributed by atoms with Crippen molar-refractivity contribution < 1.29 is 9.90 Å². The zero-order valence-electron chi connectivity index (χ0n) is 10.5. The molecule has 1 aliphatic carbocycles. The summed E-state index contributed by atoms with van der Waals surface area (Å²) in [7, 11) is 0. The van der Waals surface area contributed by atoms with Gasteiger partial charge in [-0.15, -0.1) is 0 Å². The molecule has 0 aromatic carbocycles. The topological polar surface area (TPSA) is 104 Å². The summed E-state index contributed by atoms with van der Waals surface area (Å²) in [4.78, 5) is 35.3. The Labute approximate surface area is 109 Å². The minimum absolute atomic E-state index is 0.0884. The van der Waals surface area contributed by atoms with Crippen LogP contribution in [0.5, 0.6) is 0 Å². The molecule has 0 unspecified atom stereocenters. The Morgan fingerprint density at radius 2 is 2.05 bits per heavy atom. The van der Waals surface area contributed by atoms with Crippen LogP contribution in [-0.2, 0) is 0 Å². The third-order valence-electron chi connectivity index (χ3n) is 3.60. The van der Waals surface area contributed by atoms with Crippen LogP contribution in [0.3, 0.4) is 0 Å². The van der Waals surface area contributed by atoms with Gasteiger partial charge in [0.15, 0.2) is 0 Å². The summed E-state index contributed by atoms with van der Waals surface area (Å²) in [6.07, 6.45) is 3.91. The molecule has 1 aliphatic rings. The maximum atomic E-state index is 11.7. The van der Waals surface area contributed by atoms with E-state index < -0.39 is 6.09 Å². The second-order valence-electron chi connectivity index (χ2n) is 4.88. The summed E-state index contributed by atoms with van der Waals surface area (Å²) in [5, 5.41) is 10.9. The lowest BCUT2D eigenvalue weighted by Gasteiger charge is -2.29. The van der Waals surface area contributed by atoms with E-state index in [0.29, 0.717) is 12.5 Å². The van der Waals surface area contributed by atoms with Crippen LogP contribution in [-0.4, -0.2) is 27.3 Å². The van der Waals surface area contributed by atoms with Crippen molar-refractivity contribution in [2.24, 2.45) is 5.92 Å². The largest absolute Gasteiger partial charge is 0.465 e. The Kier molecular flexibility index (Phi) is 4.03. The van der Waals surface area contributed by atoms with E-state index in [9.17, 15) is 14.4 Å². The lowest BCUT2D eigenvalue weighted by atomic mass is 9.86. The van der Waals surface area contributed by atoms with Gasteiger partial charge in [-0.3, -0.25) is 14.3 Å². The number of carboxylic acid groups (broad SMARTS) is 1. The average molecular weight is 267 g/mol. The Balaban J connectivity index is 1.94. The van der Waals surface area contributed by atoms with Crippen LogP contribution >= 0.6 is 0 Å². The van der Waals surface area contributed by atoms with Crippen molar-refractivity contribution in [3.05, 3.63) is 33.1 Å². The lowest BCUT2D eigenvalue weighted by molar-refractivity contribution is 0.188. The molecule has 0 bridgehead atoms. The molecule has 1 amide bonds. The molecular weight excluding hydrogens is 250 g/mol. The predicted octanol–water partition coefficient (Wildman–Crippen LogP) is 0.535. The molecule has 1 saturated carbocycles. The second-order valence-corrected chi connectivity index (χ2v) is 4.88. The molecule has 1 aromatic rings. The number of H-pyrrole nitrogens is 1. The highest BCUT2D eigenvalue weighted by molar-refractivity contribution is 5.64. The van der Waals surface area contributed by atoms with Crippen molar-refractivity contribution in [3.63, 3.8) is 0 Å². The SMILES string of the molecule is O=C(O)NC[C@H]1CC[C@H](n2ccc(=O)[nH]c2=O)CC1. The van der Waals surface area contributed by atoms with Gasteiger partial charge in [-0.1, -0.05) is 0 Å². The molecule has 0 aliphatic heterocycles. The first-order valence-electron chi connectivity index (χ1n) is 6.34. The van der Waals surface area contributed by atoms with Crippen LogP contribution in [0.2, 0.25) is 0 Å². The molecule has 3 N–H and O–H groups in total. The van der Waals surface area contributed by atoms with Crippen molar-refractivity contribution in [3.8, 4) is 0 Å². The second kappa shape index (κ2) is 5.73. The highest BCUT2D eigenvalue weighted by atomic mass is 16.4. The molecule has 104 valence electrons. The number of carbonyl (C=O) groups is 1. The predicted molar refractivity (Wildman–Crippen MR) is 68.3 cm³/mol. The number of hydrogen-bond donors (Lipinski definition) is 3. The van der Waals surface area contributed by atoms with Crippen LogP contribution in [0.4, 0.5) is 4.79 Å². The van der Waals surface area contributed by atoms with E-state index in [2.05, 4.69) is 10.3 Å². The average Bonchev–Trinajstić information content (AvgIpc) is 2.37. The number of nitrogens with one attached hydrogen (secondary N) is 2. The van der Waals surface area contributed by atoms with E-state index >= 15 is 0 Å². The van der Waals surface area contributed by atoms with E-state index in [4.69, 9.17) is 5.11 Å². The van der Waals surface area contributed by atoms with Crippen LogP contribution in [0.15, 0.2) is 21.9 Å². The smallest absolute Gasteiger partial charge is 0.404 e. The molecule has 0 radical (unpaired) electrons. The van der Waals surface area contributed by atoms with Gasteiger partial charge in [-0.05, 0) is 31.6 Å². The van der Waals surface area contributed by atoms with Crippen molar-refractivity contribution >= 4 is 6.09 Å². The summed E-state index contributed by atoms with van der Waals surface area (Å²) in [6, 6.07) is 1.44. The van der Waals surface area contributed by atoms with Gasteiger partial charge < -0.3 is 10.4 Å². The van der Waals surface area contributed by atoms with Gasteiger partial charge in [0.2, 0.25) is 0 Å². The highest BCUT2D eigenvalue weighted by Crippen LogP contribution is 2.30. The number of amides is 1. The summed E-state index contributed by atoms with van der Waals surface area (Å²) < 4.78 is 1.56. The van der Waals surface area contributed by atoms with Gasteiger partial charge in [0.05, 0.1) is 0 Å². The van der Waals surface area contributed by atoms with E-state index in [-0.39, 0.29) is 17.3 Å². The minimum Gasteiger partial charge on any atom is -0.465 e. The summed E-state index contributed by atoms with van der Waals surface area (Å²) in [6.45, 7) is 0.461. The monoisotopic (exact) mass is 267 g/mol. The molecule has 1 aromatic heterocycles. The Morgan fingerprint density at radius 3 is 2.63 bits per heavy atom. The minimum atomic E-state index is -1.00. The highest BCUT2D eigenvalue weighted by Gasteiger charge is 2.23. The standard InChI is InChI=1S/C12H17N3O4/c16-10-5-6-15(11(17)14-10)9-3-1-8(2-4-9)7-13-12(18)19/h5-6,8-9,13H,1-4,7H2,(H,18,19)(H,14,16,17)/t8-,9-. The zero-order chi connectivity index (χ0) is 13.8. The number of nitrogens with zero attached hydrogens (tertiary/aromatic N) is 1. The first-order valence-corrected chi connectivity index (χ1v) is 6.34. The first kappa shape index (κ1) is 13.4. The van der Waals surface area contributed by atoms with Gasteiger partial charge in [-0.2, -0.15) is 0 Å². The molecule has 1 heterocycles. The lowest BCUT2D eigenvalue weighted by Crippen LogP contribution is -2.35. The van der Waals surface area contributed by atoms with Crippen molar-refractivity contribution in [2.75, 3.05) is 6.54 Å². The zero-order valence-corrected chi connectivity index (χ0v) is 10.5. The quantitative estimate of drug-likeness (QED) is 0.743. The maximum absolute atomic E-state index is 11.7. The molecule has 2 rings (SSSR count). The Hall–Kier alpha value is -2.05. The fraction of sp³-hybridized carbons (Fsp3) is 0.583. The molecule has 7 nitrogen and oxygen atoms in total. The number of hydrogen-bond acceptors (Lipinski definition) is 3. The third kappa shape index (κ3) is 3.46. The first-order chi connectivity index (χ1) is 9.06. The van der Waals surface area contributed by atoms with E-state index in [1.54, 1.807) is 4.57 Å². The Bertz CT molecular complexity index is 555. The van der Waals surface area contributed by atoms with Gasteiger partial charge in [0.25, 0.3) is 5.56 Å². The molecule has 0 spiro atoms. The van der Waals surface area contributed by atoms with E-state index in [0.717, 1.165) is 25.7 Å². The van der Waals surface area contributed by atoms with Crippen LogP contribution in [0.25, 0.3) is 0 Å². The molecule has 1 fully saturated rings. The van der Waals surface area contributed by atoms with Gasteiger partial charge in [-0.25, -0.2) is 9.59 Å². The summed E-state index contributed by atoms with van der Waals surface area (Å²) in [5.41, 5.74) is -0.764. The number of rotatable bonds is 3. The fourth-order valence-electron chi connectivity index (χ4n) is 2.57. The number of aromatic amines is 1. The van der Waals surface area contributed by atoms with Gasteiger partial charge in [0.1, 0.15) is 0 Å². The van der Waals surface area contributed by atoms with Crippen LogP contribution in [0.1, 0.15) is 31.7 Å². The molecule has 19 heavy (non-hydrogen) atoms. The normalized spacial score (nSPS) is 22.9. The van der Waals surface area contributed by atoms with Crippen molar-refractivity contribution in [1.82, 2.24) is 14.9 Å². The molecular formula is C12H17N3O4. The molecule has 0 saturated heterocycles. The number of aromatic nitrogens is 2. The van der Waals surface area contributed by atoms with Crippen LogP contribution in [0, 0.1) is 5.92 Å². The third-order valence-corrected chi connectivity index (χ3v) is 3.60. The molecule has 7 heteroatoms.